The molecule has 0 atom stereocenters. The highest BCUT2D eigenvalue weighted by Crippen LogP contribution is 2.28. The predicted octanol–water partition coefficient (Wildman–Crippen LogP) is 3.37. The van der Waals surface area contributed by atoms with Crippen LogP contribution in [0.5, 0.6) is 0 Å². The molecule has 0 saturated heterocycles. The molecule has 2 aromatic heterocycles. The van der Waals surface area contributed by atoms with Crippen LogP contribution in [-0.4, -0.2) is 26.1 Å². The first-order chi connectivity index (χ1) is 11.6. The second-order valence-electron chi connectivity index (χ2n) is 5.27. The summed E-state index contributed by atoms with van der Waals surface area (Å²) in [5.74, 6) is -0.105. The Morgan fingerprint density at radius 2 is 2.08 bits per heavy atom. The molecule has 6 nitrogen and oxygen atoms in total. The Morgan fingerprint density at radius 3 is 2.92 bits per heavy atom. The van der Waals surface area contributed by atoms with E-state index in [4.69, 9.17) is 0 Å². The number of nitrogens with one attached hydrogen (secondary N) is 3. The minimum absolute atomic E-state index is 0.293. The number of fused-ring (bicyclic) bond motifs is 2. The van der Waals surface area contributed by atoms with E-state index in [0.717, 1.165) is 10.9 Å². The fraction of sp³-hybridized carbons (Fsp3) is 0. The van der Waals surface area contributed by atoms with Gasteiger partial charge in [0.2, 0.25) is 5.91 Å². The predicted molar refractivity (Wildman–Crippen MR) is 90.0 cm³/mol. The lowest BCUT2D eigenvalue weighted by atomic mass is 10.2. The Kier molecular flexibility index (Phi) is 3.13. The van der Waals surface area contributed by atoms with Gasteiger partial charge in [-0.1, -0.05) is 6.58 Å². The highest BCUT2D eigenvalue weighted by Gasteiger charge is 2.13. The fourth-order valence-corrected chi connectivity index (χ4v) is 2.56. The summed E-state index contributed by atoms with van der Waals surface area (Å²) >= 11 is 0. The van der Waals surface area contributed by atoms with Gasteiger partial charge in [-0.25, -0.2) is 9.37 Å². The SMILES string of the molecule is C=CC(=O)Nc1ccc2[nH]nc(-c3nc4ccc(F)cc4[nH]3)c2c1. The van der Waals surface area contributed by atoms with E-state index >= 15 is 0 Å². The van der Waals surface area contributed by atoms with Gasteiger partial charge < -0.3 is 10.3 Å². The molecule has 0 aliphatic heterocycles. The highest BCUT2D eigenvalue weighted by molar-refractivity contribution is 6.02. The zero-order valence-electron chi connectivity index (χ0n) is 12.4. The average Bonchev–Trinajstić information content (AvgIpc) is 3.17. The minimum atomic E-state index is -0.334. The summed E-state index contributed by atoms with van der Waals surface area (Å²) in [6.45, 7) is 3.43. The van der Waals surface area contributed by atoms with E-state index < -0.39 is 0 Å². The van der Waals surface area contributed by atoms with E-state index in [9.17, 15) is 9.18 Å². The Hall–Kier alpha value is -3.48. The lowest BCUT2D eigenvalue weighted by molar-refractivity contribution is -0.111. The van der Waals surface area contributed by atoms with Crippen LogP contribution in [0.4, 0.5) is 10.1 Å². The van der Waals surface area contributed by atoms with Gasteiger partial charge in [-0.2, -0.15) is 5.10 Å². The van der Waals surface area contributed by atoms with Crippen molar-refractivity contribution in [3.05, 3.63) is 54.9 Å². The van der Waals surface area contributed by atoms with Crippen molar-refractivity contribution in [2.45, 2.75) is 0 Å². The minimum Gasteiger partial charge on any atom is -0.336 e. The smallest absolute Gasteiger partial charge is 0.247 e. The van der Waals surface area contributed by atoms with Gasteiger partial charge in [0.25, 0.3) is 0 Å². The molecule has 0 unspecified atom stereocenters. The number of benzene rings is 2. The molecule has 0 spiro atoms. The van der Waals surface area contributed by atoms with Crippen molar-refractivity contribution in [2.75, 3.05) is 5.32 Å². The normalized spacial score (nSPS) is 11.0. The van der Waals surface area contributed by atoms with Gasteiger partial charge >= 0.3 is 0 Å². The molecule has 1 amide bonds. The Balaban J connectivity index is 1.83. The maximum atomic E-state index is 13.3. The van der Waals surface area contributed by atoms with Crippen LogP contribution in [0, 0.1) is 5.82 Å². The maximum absolute atomic E-state index is 13.3. The number of halogens is 1. The monoisotopic (exact) mass is 321 g/mol. The number of aromatic nitrogens is 4. The topological polar surface area (TPSA) is 86.5 Å². The molecule has 24 heavy (non-hydrogen) atoms. The molecule has 118 valence electrons. The molecule has 0 aliphatic carbocycles. The number of hydrogen-bond donors (Lipinski definition) is 3. The summed E-state index contributed by atoms with van der Waals surface area (Å²) in [5.41, 5.74) is 3.26. The molecule has 2 aromatic carbocycles. The van der Waals surface area contributed by atoms with Gasteiger partial charge in [-0.3, -0.25) is 9.89 Å². The molecule has 2 heterocycles. The molecule has 7 heteroatoms. The third-order valence-corrected chi connectivity index (χ3v) is 3.68. The van der Waals surface area contributed by atoms with Crippen LogP contribution in [0.3, 0.4) is 0 Å². The Morgan fingerprint density at radius 1 is 1.21 bits per heavy atom. The van der Waals surface area contributed by atoms with Gasteiger partial charge in [-0.05, 0) is 42.5 Å². The van der Waals surface area contributed by atoms with Crippen molar-refractivity contribution >= 4 is 33.5 Å². The van der Waals surface area contributed by atoms with E-state index in [1.54, 1.807) is 18.2 Å². The fourth-order valence-electron chi connectivity index (χ4n) is 2.56. The van der Waals surface area contributed by atoms with Crippen molar-refractivity contribution in [2.24, 2.45) is 0 Å². The second-order valence-corrected chi connectivity index (χ2v) is 5.27. The molecule has 0 bridgehead atoms. The average molecular weight is 321 g/mol. The number of nitrogens with zero attached hydrogens (tertiary/aromatic N) is 2. The molecule has 0 saturated carbocycles. The molecule has 0 radical (unpaired) electrons. The molecule has 4 aromatic rings. The molecule has 4 rings (SSSR count). The van der Waals surface area contributed by atoms with Gasteiger partial charge in [0.1, 0.15) is 11.5 Å². The van der Waals surface area contributed by atoms with E-state index in [0.29, 0.717) is 28.2 Å². The summed E-state index contributed by atoms with van der Waals surface area (Å²) in [7, 11) is 0. The number of amides is 1. The first kappa shape index (κ1) is 14.1. The number of imidazole rings is 1. The third-order valence-electron chi connectivity index (χ3n) is 3.68. The number of carbonyl (C=O) groups excluding carboxylic acids is 1. The summed E-state index contributed by atoms with van der Waals surface area (Å²) < 4.78 is 13.3. The van der Waals surface area contributed by atoms with Gasteiger partial charge in [0, 0.05) is 11.1 Å². The van der Waals surface area contributed by atoms with Crippen molar-refractivity contribution in [3.8, 4) is 11.5 Å². The lowest BCUT2D eigenvalue weighted by Crippen LogP contribution is -2.06. The molecular formula is C17H12FN5O. The maximum Gasteiger partial charge on any atom is 0.247 e. The number of aromatic amines is 2. The summed E-state index contributed by atoms with van der Waals surface area (Å²) in [6, 6.07) is 9.72. The largest absolute Gasteiger partial charge is 0.336 e. The van der Waals surface area contributed by atoms with Crippen LogP contribution in [0.2, 0.25) is 0 Å². The Labute approximate surface area is 135 Å². The van der Waals surface area contributed by atoms with E-state index in [-0.39, 0.29) is 11.7 Å². The first-order valence-corrected chi connectivity index (χ1v) is 7.21. The third kappa shape index (κ3) is 2.32. The second kappa shape index (κ2) is 5.31. The lowest BCUT2D eigenvalue weighted by Gasteiger charge is -2.02. The van der Waals surface area contributed by atoms with Crippen LogP contribution < -0.4 is 5.32 Å². The zero-order chi connectivity index (χ0) is 16.7. The summed E-state index contributed by atoms with van der Waals surface area (Å²) in [4.78, 5) is 19.0. The number of hydrogen-bond acceptors (Lipinski definition) is 3. The Bertz CT molecular complexity index is 1090. The quantitative estimate of drug-likeness (QED) is 0.506. The van der Waals surface area contributed by atoms with Crippen LogP contribution in [-0.2, 0) is 4.79 Å². The number of rotatable bonds is 3. The molecule has 3 N–H and O–H groups in total. The van der Waals surface area contributed by atoms with Crippen LogP contribution in [0.25, 0.3) is 33.5 Å². The van der Waals surface area contributed by atoms with Crippen LogP contribution in [0.1, 0.15) is 0 Å². The van der Waals surface area contributed by atoms with Crippen LogP contribution >= 0.6 is 0 Å². The van der Waals surface area contributed by atoms with Crippen molar-refractivity contribution in [1.29, 1.82) is 0 Å². The van der Waals surface area contributed by atoms with E-state index in [2.05, 4.69) is 32.1 Å². The first-order valence-electron chi connectivity index (χ1n) is 7.21. The van der Waals surface area contributed by atoms with E-state index in [1.807, 2.05) is 6.07 Å². The molecule has 0 aliphatic rings. The molecule has 0 fully saturated rings. The number of anilines is 1. The highest BCUT2D eigenvalue weighted by atomic mass is 19.1. The molecular weight excluding hydrogens is 309 g/mol. The van der Waals surface area contributed by atoms with Crippen molar-refractivity contribution < 1.29 is 9.18 Å². The number of carbonyl (C=O) groups is 1. The van der Waals surface area contributed by atoms with E-state index in [1.165, 1.54) is 18.2 Å². The van der Waals surface area contributed by atoms with Gasteiger partial charge in [0.05, 0.1) is 16.6 Å². The summed E-state index contributed by atoms with van der Waals surface area (Å²) in [5, 5.41) is 10.7. The standard InChI is InChI=1S/C17H12FN5O/c1-2-15(24)19-10-4-6-12-11(8-10)16(23-22-12)17-20-13-5-3-9(18)7-14(13)21-17/h2-8H,1H2,(H,19,24)(H,20,21)(H,22,23). The van der Waals surface area contributed by atoms with Gasteiger partial charge in [-0.15, -0.1) is 0 Å². The summed E-state index contributed by atoms with van der Waals surface area (Å²) in [6.07, 6.45) is 1.20. The van der Waals surface area contributed by atoms with Crippen molar-refractivity contribution in [1.82, 2.24) is 20.2 Å². The number of H-pyrrole nitrogens is 2. The van der Waals surface area contributed by atoms with Crippen molar-refractivity contribution in [3.63, 3.8) is 0 Å². The van der Waals surface area contributed by atoms with Gasteiger partial charge in [0.15, 0.2) is 5.82 Å². The van der Waals surface area contributed by atoms with Crippen LogP contribution in [0.15, 0.2) is 49.1 Å². The zero-order valence-corrected chi connectivity index (χ0v) is 12.4.